The van der Waals surface area contributed by atoms with E-state index in [4.69, 9.17) is 14.6 Å². The first-order valence-corrected chi connectivity index (χ1v) is 6.46. The van der Waals surface area contributed by atoms with Gasteiger partial charge in [0, 0.05) is 12.5 Å². The SMILES string of the molecule is CCOc1cc(/C=C2\N=C(C)OC2=O)ccc1CC(=O)O. The van der Waals surface area contributed by atoms with Gasteiger partial charge >= 0.3 is 11.9 Å². The summed E-state index contributed by atoms with van der Waals surface area (Å²) in [5.74, 6) is -0.637. The van der Waals surface area contributed by atoms with E-state index in [1.165, 1.54) is 0 Å². The van der Waals surface area contributed by atoms with Crippen molar-refractivity contribution in [2.75, 3.05) is 6.61 Å². The number of carbonyl (C=O) groups excluding carboxylic acids is 1. The Morgan fingerprint density at radius 2 is 2.24 bits per heavy atom. The second-order valence-corrected chi connectivity index (χ2v) is 4.42. The van der Waals surface area contributed by atoms with Crippen LogP contribution in [0.5, 0.6) is 5.75 Å². The van der Waals surface area contributed by atoms with Gasteiger partial charge in [0.1, 0.15) is 5.75 Å². The lowest BCUT2D eigenvalue weighted by molar-refractivity contribution is -0.136. The van der Waals surface area contributed by atoms with Crippen molar-refractivity contribution in [3.63, 3.8) is 0 Å². The maximum Gasteiger partial charge on any atom is 0.363 e. The van der Waals surface area contributed by atoms with Gasteiger partial charge in [-0.15, -0.1) is 0 Å². The maximum atomic E-state index is 11.5. The Morgan fingerprint density at radius 1 is 1.48 bits per heavy atom. The van der Waals surface area contributed by atoms with Crippen LogP contribution in [0, 0.1) is 0 Å². The molecule has 2 rings (SSSR count). The second-order valence-electron chi connectivity index (χ2n) is 4.42. The molecule has 0 atom stereocenters. The van der Waals surface area contributed by atoms with Gasteiger partial charge in [0.05, 0.1) is 13.0 Å². The summed E-state index contributed by atoms with van der Waals surface area (Å²) in [7, 11) is 0. The summed E-state index contributed by atoms with van der Waals surface area (Å²) in [5, 5.41) is 8.88. The lowest BCUT2D eigenvalue weighted by Crippen LogP contribution is -2.04. The third-order valence-electron chi connectivity index (χ3n) is 2.76. The molecule has 6 heteroatoms. The van der Waals surface area contributed by atoms with Gasteiger partial charge in [0.25, 0.3) is 0 Å². The van der Waals surface area contributed by atoms with Gasteiger partial charge < -0.3 is 14.6 Å². The van der Waals surface area contributed by atoms with Gasteiger partial charge in [-0.1, -0.05) is 12.1 Å². The Labute approximate surface area is 121 Å². The molecule has 1 aromatic rings. The quantitative estimate of drug-likeness (QED) is 0.662. The van der Waals surface area contributed by atoms with Crippen molar-refractivity contribution >= 4 is 23.9 Å². The van der Waals surface area contributed by atoms with Crippen molar-refractivity contribution in [3.05, 3.63) is 35.0 Å². The standard InChI is InChI=1S/C15H15NO5/c1-3-20-13-7-10(4-5-11(13)8-14(17)18)6-12-15(19)21-9(2)16-12/h4-7H,3,8H2,1-2H3,(H,17,18)/b12-6-. The molecule has 6 nitrogen and oxygen atoms in total. The van der Waals surface area contributed by atoms with Crippen LogP contribution in [0.4, 0.5) is 0 Å². The third-order valence-corrected chi connectivity index (χ3v) is 2.76. The van der Waals surface area contributed by atoms with E-state index in [0.29, 0.717) is 29.4 Å². The van der Waals surface area contributed by atoms with Crippen molar-refractivity contribution in [1.82, 2.24) is 0 Å². The largest absolute Gasteiger partial charge is 0.494 e. The van der Waals surface area contributed by atoms with E-state index in [1.807, 2.05) is 6.92 Å². The van der Waals surface area contributed by atoms with E-state index in [9.17, 15) is 9.59 Å². The van der Waals surface area contributed by atoms with Gasteiger partial charge in [-0.3, -0.25) is 4.79 Å². The molecule has 0 saturated heterocycles. The average Bonchev–Trinajstić information content (AvgIpc) is 2.71. The van der Waals surface area contributed by atoms with Gasteiger partial charge in [-0.05, 0) is 24.6 Å². The fraction of sp³-hybridized carbons (Fsp3) is 0.267. The Morgan fingerprint density at radius 3 is 2.81 bits per heavy atom. The Kier molecular flexibility index (Phi) is 4.37. The summed E-state index contributed by atoms with van der Waals surface area (Å²) >= 11 is 0. The topological polar surface area (TPSA) is 85.2 Å². The normalized spacial score (nSPS) is 15.8. The van der Waals surface area contributed by atoms with Crippen LogP contribution in [0.2, 0.25) is 0 Å². The minimum atomic E-state index is -0.929. The molecule has 0 fully saturated rings. The number of nitrogens with zero attached hydrogens (tertiary/aromatic N) is 1. The Bertz CT molecular complexity index is 645. The Hall–Kier alpha value is -2.63. The van der Waals surface area contributed by atoms with Crippen LogP contribution >= 0.6 is 0 Å². The molecule has 0 amide bonds. The molecule has 21 heavy (non-hydrogen) atoms. The number of rotatable bonds is 5. The number of cyclic esters (lactones) is 1. The first kappa shape index (κ1) is 14.8. The van der Waals surface area contributed by atoms with Crippen LogP contribution in [-0.2, 0) is 20.7 Å². The molecule has 0 aliphatic carbocycles. The summed E-state index contributed by atoms with van der Waals surface area (Å²) in [6, 6.07) is 5.07. The minimum Gasteiger partial charge on any atom is -0.494 e. The van der Waals surface area contributed by atoms with E-state index >= 15 is 0 Å². The number of ether oxygens (including phenoxy) is 2. The smallest absolute Gasteiger partial charge is 0.363 e. The average molecular weight is 289 g/mol. The number of carboxylic acids is 1. The van der Waals surface area contributed by atoms with Crippen molar-refractivity contribution in [2.24, 2.45) is 4.99 Å². The molecule has 1 heterocycles. The number of esters is 1. The van der Waals surface area contributed by atoms with Crippen molar-refractivity contribution in [2.45, 2.75) is 20.3 Å². The highest BCUT2D eigenvalue weighted by Gasteiger charge is 2.19. The van der Waals surface area contributed by atoms with Gasteiger partial charge in [0.2, 0.25) is 0 Å². The number of aliphatic imine (C=N–C) groups is 1. The number of hydrogen-bond acceptors (Lipinski definition) is 5. The summed E-state index contributed by atoms with van der Waals surface area (Å²) in [4.78, 5) is 26.3. The van der Waals surface area contributed by atoms with Crippen LogP contribution in [-0.4, -0.2) is 29.5 Å². The zero-order valence-electron chi connectivity index (χ0n) is 11.8. The maximum absolute atomic E-state index is 11.5. The van der Waals surface area contributed by atoms with Crippen molar-refractivity contribution < 1.29 is 24.2 Å². The predicted molar refractivity (Wildman–Crippen MR) is 76.1 cm³/mol. The zero-order chi connectivity index (χ0) is 15.4. The molecule has 1 aliphatic heterocycles. The van der Waals surface area contributed by atoms with Crippen molar-refractivity contribution in [1.29, 1.82) is 0 Å². The van der Waals surface area contributed by atoms with Crippen LogP contribution in [0.25, 0.3) is 6.08 Å². The van der Waals surface area contributed by atoms with Gasteiger partial charge in [-0.25, -0.2) is 9.79 Å². The molecular formula is C15H15NO5. The van der Waals surface area contributed by atoms with Gasteiger partial charge in [-0.2, -0.15) is 0 Å². The fourth-order valence-electron chi connectivity index (χ4n) is 1.93. The zero-order valence-corrected chi connectivity index (χ0v) is 11.8. The molecule has 0 saturated carbocycles. The number of hydrogen-bond donors (Lipinski definition) is 1. The minimum absolute atomic E-state index is 0.120. The number of aliphatic carboxylic acids is 1. The summed E-state index contributed by atoms with van der Waals surface area (Å²) in [5.41, 5.74) is 1.49. The van der Waals surface area contributed by atoms with Crippen molar-refractivity contribution in [3.8, 4) is 5.75 Å². The first-order valence-electron chi connectivity index (χ1n) is 6.46. The molecule has 1 aromatic carbocycles. The van der Waals surface area contributed by atoms with Gasteiger partial charge in [0.15, 0.2) is 11.6 Å². The second kappa shape index (κ2) is 6.21. The highest BCUT2D eigenvalue weighted by Crippen LogP contribution is 2.24. The highest BCUT2D eigenvalue weighted by atomic mass is 16.6. The molecule has 0 radical (unpaired) electrons. The third kappa shape index (κ3) is 3.68. The lowest BCUT2D eigenvalue weighted by atomic mass is 10.1. The lowest BCUT2D eigenvalue weighted by Gasteiger charge is -2.09. The molecule has 0 unspecified atom stereocenters. The number of benzene rings is 1. The predicted octanol–water partition coefficient (Wildman–Crippen LogP) is 2.03. The molecule has 0 spiro atoms. The van der Waals surface area contributed by atoms with Crippen LogP contribution < -0.4 is 4.74 Å². The highest BCUT2D eigenvalue weighted by molar-refractivity contribution is 6.06. The van der Waals surface area contributed by atoms with E-state index in [-0.39, 0.29) is 12.1 Å². The van der Waals surface area contributed by atoms with E-state index in [2.05, 4.69) is 4.99 Å². The summed E-state index contributed by atoms with van der Waals surface area (Å²) in [6.45, 7) is 3.84. The molecule has 110 valence electrons. The van der Waals surface area contributed by atoms with E-state index < -0.39 is 11.9 Å². The molecular weight excluding hydrogens is 274 g/mol. The molecule has 1 N–H and O–H groups in total. The Balaban J connectivity index is 2.33. The van der Waals surface area contributed by atoms with Crippen LogP contribution in [0.3, 0.4) is 0 Å². The number of carbonyl (C=O) groups is 2. The monoisotopic (exact) mass is 289 g/mol. The van der Waals surface area contributed by atoms with E-state index in [0.717, 1.165) is 0 Å². The van der Waals surface area contributed by atoms with Crippen LogP contribution in [0.1, 0.15) is 25.0 Å². The summed E-state index contributed by atoms with van der Waals surface area (Å²) in [6.07, 6.45) is 1.46. The van der Waals surface area contributed by atoms with E-state index in [1.54, 1.807) is 31.2 Å². The fourth-order valence-corrected chi connectivity index (χ4v) is 1.93. The summed E-state index contributed by atoms with van der Waals surface area (Å²) < 4.78 is 10.3. The molecule has 0 bridgehead atoms. The molecule has 1 aliphatic rings. The first-order chi connectivity index (χ1) is 9.99. The number of carboxylic acid groups (broad SMARTS) is 1. The van der Waals surface area contributed by atoms with Crippen LogP contribution in [0.15, 0.2) is 28.9 Å². The molecule has 0 aromatic heterocycles.